The fraction of sp³-hybridized carbons (Fsp3) is 0.211. The van der Waals surface area contributed by atoms with Gasteiger partial charge in [0.1, 0.15) is 0 Å². The van der Waals surface area contributed by atoms with E-state index in [1.165, 1.54) is 0 Å². The number of carbonyl (C=O) groups excluding carboxylic acids is 1. The molecule has 28 heavy (non-hydrogen) atoms. The molecule has 3 rings (SSSR count). The molecular formula is C19H22IN5O3. The molecule has 0 saturated heterocycles. The van der Waals surface area contributed by atoms with E-state index in [2.05, 4.69) is 9.98 Å². The topological polar surface area (TPSA) is 127 Å². The van der Waals surface area contributed by atoms with E-state index in [9.17, 15) is 8.23 Å². The number of halogens is 1. The Hall–Kier alpha value is -2.66. The second kappa shape index (κ2) is 8.15. The number of rotatable bonds is 6. The summed E-state index contributed by atoms with van der Waals surface area (Å²) in [6.45, 7) is 4.09. The van der Waals surface area contributed by atoms with E-state index in [4.69, 9.17) is 16.2 Å². The molecule has 5 N–H and O–H groups in total. The second-order valence-electron chi connectivity index (χ2n) is 6.57. The Morgan fingerprint density at radius 3 is 2.68 bits per heavy atom. The van der Waals surface area contributed by atoms with Gasteiger partial charge in [-0.15, -0.1) is 0 Å². The molecule has 9 heteroatoms. The van der Waals surface area contributed by atoms with E-state index in [1.54, 1.807) is 17.0 Å². The summed E-state index contributed by atoms with van der Waals surface area (Å²) in [7, 11) is 0. The van der Waals surface area contributed by atoms with Gasteiger partial charge in [0.25, 0.3) is 0 Å². The zero-order valence-electron chi connectivity index (χ0n) is 15.5. The molecule has 148 valence electrons. The molecule has 1 aliphatic heterocycles. The van der Waals surface area contributed by atoms with Crippen LogP contribution in [0.2, 0.25) is 0 Å². The maximum absolute atomic E-state index is 10.8. The number of ether oxygens (including phenoxy) is 1. The van der Waals surface area contributed by atoms with Crippen molar-refractivity contribution in [2.45, 2.75) is 26.1 Å². The van der Waals surface area contributed by atoms with Crippen molar-refractivity contribution in [1.82, 2.24) is 0 Å². The van der Waals surface area contributed by atoms with Crippen molar-refractivity contribution in [3.8, 4) is 5.75 Å². The first kappa shape index (κ1) is 20.1. The number of guanidine groups is 2. The van der Waals surface area contributed by atoms with Crippen LogP contribution in [0.1, 0.15) is 19.4 Å². The number of aliphatic imine (C=N–C) groups is 2. The standard InChI is InChI=1S/C19H22IN5O3/c1-19(2)24-17(21)23-18(22)25(19)15-7-4-8-16(10-15)28-11-13-5-3-6-14(9-13)20(27)12-26/h3-10,12,27H,11H2,1-2H3,(H4,21,22,23,24). The minimum atomic E-state index is -2.69. The molecule has 0 saturated carbocycles. The van der Waals surface area contributed by atoms with Gasteiger partial charge in [-0.3, -0.25) is 0 Å². The van der Waals surface area contributed by atoms with Gasteiger partial charge in [-0.2, -0.15) is 0 Å². The van der Waals surface area contributed by atoms with Gasteiger partial charge >= 0.3 is 165 Å². The van der Waals surface area contributed by atoms with Crippen LogP contribution in [0.15, 0.2) is 58.5 Å². The second-order valence-corrected chi connectivity index (χ2v) is 9.98. The van der Waals surface area contributed by atoms with E-state index in [1.807, 2.05) is 50.2 Å². The molecule has 0 spiro atoms. The van der Waals surface area contributed by atoms with E-state index in [-0.39, 0.29) is 11.9 Å². The zero-order valence-corrected chi connectivity index (χ0v) is 17.7. The summed E-state index contributed by atoms with van der Waals surface area (Å²) in [4.78, 5) is 21.0. The van der Waals surface area contributed by atoms with Crippen molar-refractivity contribution in [1.29, 1.82) is 0 Å². The van der Waals surface area contributed by atoms with Crippen molar-refractivity contribution in [3.63, 3.8) is 0 Å². The molecular weight excluding hydrogens is 473 g/mol. The van der Waals surface area contributed by atoms with Crippen molar-refractivity contribution in [2.75, 3.05) is 4.90 Å². The number of carbonyl (C=O) groups is 1. The third-order valence-electron chi connectivity index (χ3n) is 4.07. The van der Waals surface area contributed by atoms with Crippen LogP contribution < -0.4 is 21.1 Å². The monoisotopic (exact) mass is 495 g/mol. The quantitative estimate of drug-likeness (QED) is 0.321. The van der Waals surface area contributed by atoms with Crippen LogP contribution in [0.25, 0.3) is 0 Å². The summed E-state index contributed by atoms with van der Waals surface area (Å²) in [6.07, 6.45) is 0. The Balaban J connectivity index is 1.78. The van der Waals surface area contributed by atoms with E-state index < -0.39 is 25.9 Å². The van der Waals surface area contributed by atoms with Gasteiger partial charge in [0.15, 0.2) is 0 Å². The first-order valence-electron chi connectivity index (χ1n) is 8.44. The number of nitrogens with two attached hydrogens (primary N) is 2. The molecule has 1 aliphatic rings. The molecule has 2 aromatic rings. The molecule has 2 aromatic carbocycles. The summed E-state index contributed by atoms with van der Waals surface area (Å²) in [5.74, 6) is 1.05. The number of hydrogen-bond acceptors (Lipinski definition) is 8. The predicted octanol–water partition coefficient (Wildman–Crippen LogP) is 2.22. The molecule has 8 nitrogen and oxygen atoms in total. The Kier molecular flexibility index (Phi) is 5.84. The van der Waals surface area contributed by atoms with Crippen molar-refractivity contribution >= 4 is 42.1 Å². The van der Waals surface area contributed by atoms with Crippen molar-refractivity contribution in [2.24, 2.45) is 21.5 Å². The molecule has 0 radical (unpaired) electrons. The van der Waals surface area contributed by atoms with E-state index >= 15 is 0 Å². The van der Waals surface area contributed by atoms with Gasteiger partial charge < -0.3 is 5.73 Å². The van der Waals surface area contributed by atoms with Crippen LogP contribution >= 0.6 is 20.2 Å². The van der Waals surface area contributed by atoms with Gasteiger partial charge in [0.2, 0.25) is 0 Å². The van der Waals surface area contributed by atoms with Crippen LogP contribution in [0.4, 0.5) is 5.69 Å². The van der Waals surface area contributed by atoms with Gasteiger partial charge in [-0.25, -0.2) is 0 Å². The average molecular weight is 495 g/mol. The third-order valence-corrected chi connectivity index (χ3v) is 6.50. The number of nitrogens with zero attached hydrogens (tertiary/aromatic N) is 3. The summed E-state index contributed by atoms with van der Waals surface area (Å²) in [5, 5.41) is 0. The molecule has 0 aromatic heterocycles. The Labute approximate surface area is 170 Å². The predicted molar refractivity (Wildman–Crippen MR) is 119 cm³/mol. The van der Waals surface area contributed by atoms with Crippen LogP contribution in [0.5, 0.6) is 5.75 Å². The maximum atomic E-state index is 10.8. The van der Waals surface area contributed by atoms with Gasteiger partial charge in [0.05, 0.1) is 0 Å². The zero-order chi connectivity index (χ0) is 20.3. The number of benzene rings is 2. The Bertz CT molecular complexity index is 945. The van der Waals surface area contributed by atoms with E-state index in [0.717, 1.165) is 11.3 Å². The fourth-order valence-electron chi connectivity index (χ4n) is 2.93. The normalized spacial score (nSPS) is 16.1. The third kappa shape index (κ3) is 4.42. The van der Waals surface area contributed by atoms with Gasteiger partial charge in [-0.05, 0) is 0 Å². The summed E-state index contributed by atoms with van der Waals surface area (Å²) >= 11 is -2.69. The molecule has 0 unspecified atom stereocenters. The number of anilines is 1. The average Bonchev–Trinajstić information content (AvgIpc) is 2.64. The molecule has 1 heterocycles. The van der Waals surface area contributed by atoms with Gasteiger partial charge in [-0.1, -0.05) is 0 Å². The molecule has 0 aliphatic carbocycles. The van der Waals surface area contributed by atoms with Crippen LogP contribution in [-0.2, 0) is 11.4 Å². The summed E-state index contributed by atoms with van der Waals surface area (Å²) in [5.41, 5.74) is 12.8. The van der Waals surface area contributed by atoms with Crippen molar-refractivity contribution < 1.29 is 13.0 Å². The molecule has 0 atom stereocenters. The van der Waals surface area contributed by atoms with Crippen LogP contribution in [-0.4, -0.2) is 25.3 Å². The first-order valence-corrected chi connectivity index (χ1v) is 11.7. The summed E-state index contributed by atoms with van der Waals surface area (Å²) < 4.78 is 17.0. The molecule has 0 amide bonds. The molecule has 0 fully saturated rings. The minimum absolute atomic E-state index is 0.146. The SMILES string of the molecule is CC1(C)N=C(N)N=C(N)N1c1cccc(OCc2cccc(I(O)C=O)c2)c1. The fourth-order valence-corrected chi connectivity index (χ4v) is 4.52. The van der Waals surface area contributed by atoms with Crippen LogP contribution in [0.3, 0.4) is 0 Å². The van der Waals surface area contributed by atoms with Crippen molar-refractivity contribution in [3.05, 3.63) is 57.7 Å². The van der Waals surface area contributed by atoms with Gasteiger partial charge in [0, 0.05) is 0 Å². The number of hydrogen-bond donors (Lipinski definition) is 3. The Morgan fingerprint density at radius 2 is 1.96 bits per heavy atom. The summed E-state index contributed by atoms with van der Waals surface area (Å²) in [6, 6.07) is 14.7. The van der Waals surface area contributed by atoms with E-state index in [0.29, 0.717) is 20.2 Å². The molecule has 0 bridgehead atoms. The Morgan fingerprint density at radius 1 is 1.21 bits per heavy atom. The first-order chi connectivity index (χ1) is 13.3. The van der Waals surface area contributed by atoms with Crippen LogP contribution in [0, 0.1) is 3.57 Å².